The molecule has 1 fully saturated rings. The van der Waals surface area contributed by atoms with Crippen molar-refractivity contribution in [1.29, 1.82) is 0 Å². The number of carboxylic acids is 1. The Bertz CT molecular complexity index is 1990. The molecule has 1 aromatic heterocycles. The lowest BCUT2D eigenvalue weighted by molar-refractivity contribution is -0.141. The highest BCUT2D eigenvalue weighted by Gasteiger charge is 2.40. The van der Waals surface area contributed by atoms with E-state index < -0.39 is 17.4 Å². The number of para-hydroxylation sites is 1. The summed E-state index contributed by atoms with van der Waals surface area (Å²) in [5.74, 6) is -2.03. The normalized spacial score (nSPS) is 21.3. The lowest BCUT2D eigenvalue weighted by Gasteiger charge is -2.21. The van der Waals surface area contributed by atoms with Gasteiger partial charge in [0.15, 0.2) is 5.78 Å². The molecule has 7 rings (SSSR count). The van der Waals surface area contributed by atoms with Crippen LogP contribution in [0, 0.1) is 5.92 Å². The number of hydrogen-bond acceptors (Lipinski definition) is 5. The van der Waals surface area contributed by atoms with Crippen LogP contribution in [0.1, 0.15) is 52.4 Å². The Balaban J connectivity index is 0.993. The minimum atomic E-state index is -0.907. The van der Waals surface area contributed by atoms with Gasteiger partial charge in [0.1, 0.15) is 5.54 Å². The monoisotopic (exact) mass is 640 g/mol. The van der Waals surface area contributed by atoms with Crippen molar-refractivity contribution >= 4 is 35.5 Å². The maximum absolute atomic E-state index is 13.3. The summed E-state index contributed by atoms with van der Waals surface area (Å²) < 4.78 is 0. The van der Waals surface area contributed by atoms with E-state index in [1.807, 2.05) is 90.7 Å². The number of carboxylic acid groups (broad SMARTS) is 1. The molecule has 2 amide bonds. The SMILES string of the molecule is CC(=O)N1CC(C(=O)O)C(c2ccc(C3(C)C=C(C(=O)Cc4ccc(-c5cc(C(=O)N6CCc7ccccc76)c[nH]5)cc4)C=N3)cc2)C1. The second-order valence-electron chi connectivity index (χ2n) is 13.0. The number of fused-ring (bicyclic) bond motifs is 1. The minimum absolute atomic E-state index is 0.0271. The first kappa shape index (κ1) is 31.1. The number of hydrogen-bond donors (Lipinski definition) is 2. The van der Waals surface area contributed by atoms with Gasteiger partial charge in [0.25, 0.3) is 5.91 Å². The number of allylic oxidation sites excluding steroid dienone is 1. The van der Waals surface area contributed by atoms with Gasteiger partial charge < -0.3 is 19.9 Å². The van der Waals surface area contributed by atoms with Gasteiger partial charge in [-0.25, -0.2) is 0 Å². The summed E-state index contributed by atoms with van der Waals surface area (Å²) >= 11 is 0. The molecule has 242 valence electrons. The summed E-state index contributed by atoms with van der Waals surface area (Å²) in [5.41, 5.74) is 6.96. The fraction of sp³-hybridized carbons (Fsp3) is 0.256. The van der Waals surface area contributed by atoms with E-state index in [-0.39, 0.29) is 36.5 Å². The molecule has 0 radical (unpaired) electrons. The fourth-order valence-electron chi connectivity index (χ4n) is 7.09. The van der Waals surface area contributed by atoms with Gasteiger partial charge in [-0.05, 0) is 59.4 Å². The molecular weight excluding hydrogens is 604 g/mol. The van der Waals surface area contributed by atoms with Crippen LogP contribution >= 0.6 is 0 Å². The van der Waals surface area contributed by atoms with E-state index in [2.05, 4.69) is 16.0 Å². The van der Waals surface area contributed by atoms with Crippen LogP contribution in [0.5, 0.6) is 0 Å². The van der Waals surface area contributed by atoms with E-state index in [0.29, 0.717) is 24.2 Å². The number of carbonyl (C=O) groups is 4. The van der Waals surface area contributed by atoms with Crippen molar-refractivity contribution < 1.29 is 24.3 Å². The van der Waals surface area contributed by atoms with Crippen LogP contribution in [0.15, 0.2) is 102 Å². The number of rotatable bonds is 8. The molecule has 4 heterocycles. The maximum atomic E-state index is 13.3. The molecule has 4 aromatic rings. The molecule has 9 nitrogen and oxygen atoms in total. The minimum Gasteiger partial charge on any atom is -0.481 e. The third-order valence-electron chi connectivity index (χ3n) is 9.93. The topological polar surface area (TPSA) is 123 Å². The highest BCUT2D eigenvalue weighted by atomic mass is 16.4. The van der Waals surface area contributed by atoms with Crippen LogP contribution in [0.3, 0.4) is 0 Å². The van der Waals surface area contributed by atoms with E-state index in [4.69, 9.17) is 0 Å². The van der Waals surface area contributed by atoms with Gasteiger partial charge in [0.2, 0.25) is 5.91 Å². The number of aromatic amines is 1. The van der Waals surface area contributed by atoms with Crippen molar-refractivity contribution in [3.8, 4) is 11.3 Å². The number of ketones is 1. The molecule has 9 heteroatoms. The van der Waals surface area contributed by atoms with E-state index in [1.165, 1.54) is 12.5 Å². The summed E-state index contributed by atoms with van der Waals surface area (Å²) in [5, 5.41) is 9.73. The number of H-pyrrole nitrogens is 1. The molecule has 3 unspecified atom stereocenters. The Kier molecular flexibility index (Phi) is 7.91. The van der Waals surface area contributed by atoms with Crippen LogP contribution in [-0.4, -0.2) is 64.4 Å². The predicted octanol–water partition coefficient (Wildman–Crippen LogP) is 5.57. The van der Waals surface area contributed by atoms with Crippen molar-refractivity contribution in [2.75, 3.05) is 24.5 Å². The van der Waals surface area contributed by atoms with Crippen molar-refractivity contribution in [3.05, 3.63) is 125 Å². The number of aliphatic carboxylic acids is 1. The average Bonchev–Trinajstić information content (AvgIpc) is 3.90. The van der Waals surface area contributed by atoms with Crippen molar-refractivity contribution in [2.24, 2.45) is 10.9 Å². The third kappa shape index (κ3) is 5.76. The maximum Gasteiger partial charge on any atom is 0.308 e. The zero-order chi connectivity index (χ0) is 33.6. The quantitative estimate of drug-likeness (QED) is 0.261. The molecule has 2 N–H and O–H groups in total. The Hall–Kier alpha value is -5.57. The number of aliphatic imine (C=N–C) groups is 1. The highest BCUT2D eigenvalue weighted by molar-refractivity contribution is 6.15. The first-order chi connectivity index (χ1) is 23.1. The number of nitrogens with zero attached hydrogens (tertiary/aromatic N) is 3. The number of carbonyl (C=O) groups excluding carboxylic acids is 3. The molecule has 0 aliphatic carbocycles. The Labute approximate surface area is 278 Å². The number of aromatic nitrogens is 1. The van der Waals surface area contributed by atoms with Crippen LogP contribution in [0.2, 0.25) is 0 Å². The van der Waals surface area contributed by atoms with E-state index in [9.17, 15) is 24.3 Å². The van der Waals surface area contributed by atoms with E-state index in [0.717, 1.165) is 40.1 Å². The lowest BCUT2D eigenvalue weighted by Crippen LogP contribution is -2.28. The Morgan fingerprint density at radius 2 is 1.73 bits per heavy atom. The smallest absolute Gasteiger partial charge is 0.308 e. The van der Waals surface area contributed by atoms with Gasteiger partial charge in [-0.15, -0.1) is 0 Å². The van der Waals surface area contributed by atoms with E-state index in [1.54, 1.807) is 17.3 Å². The number of likely N-dealkylation sites (tertiary alicyclic amines) is 1. The zero-order valence-electron chi connectivity index (χ0n) is 26.8. The van der Waals surface area contributed by atoms with Crippen LogP contribution < -0.4 is 4.90 Å². The van der Waals surface area contributed by atoms with Gasteiger partial charge >= 0.3 is 5.97 Å². The van der Waals surface area contributed by atoms with Crippen molar-refractivity contribution in [3.63, 3.8) is 0 Å². The summed E-state index contributed by atoms with van der Waals surface area (Å²) in [7, 11) is 0. The molecule has 0 spiro atoms. The number of benzene rings is 3. The standard InChI is InChI=1S/C39H36N4O5/c1-24(44)42-22-32(33(23-42)38(47)48)26-11-13-31(14-12-26)39(2)19-30(21-41-39)36(45)17-25-7-9-27(10-8-25)34-18-29(20-40-34)37(46)43-16-15-28-5-3-4-6-35(28)43/h3-14,18-21,32-33,40H,15-17,22-23H2,1-2H3,(H,47,48). The summed E-state index contributed by atoms with van der Waals surface area (Å²) in [4.78, 5) is 61.6. The first-order valence-corrected chi connectivity index (χ1v) is 16.2. The molecular formula is C39H36N4O5. The van der Waals surface area contributed by atoms with Crippen LogP contribution in [0.4, 0.5) is 5.69 Å². The summed E-state index contributed by atoms with van der Waals surface area (Å²) in [6.07, 6.45) is 6.33. The molecule has 3 aliphatic rings. The van der Waals surface area contributed by atoms with Gasteiger partial charge in [-0.3, -0.25) is 24.2 Å². The summed E-state index contributed by atoms with van der Waals surface area (Å²) in [6.45, 7) is 4.66. The molecule has 3 atom stereocenters. The molecule has 3 aromatic carbocycles. The predicted molar refractivity (Wildman–Crippen MR) is 183 cm³/mol. The van der Waals surface area contributed by atoms with Gasteiger partial charge in [-0.2, -0.15) is 0 Å². The largest absolute Gasteiger partial charge is 0.481 e. The number of amides is 2. The lowest BCUT2D eigenvalue weighted by atomic mass is 9.86. The van der Waals surface area contributed by atoms with E-state index >= 15 is 0 Å². The number of anilines is 1. The molecule has 0 bridgehead atoms. The number of Topliss-reactive ketones (excluding diaryl/α,β-unsaturated/α-hetero) is 1. The van der Waals surface area contributed by atoms with Crippen LogP contribution in [0.25, 0.3) is 11.3 Å². The number of nitrogens with one attached hydrogen (secondary N) is 1. The van der Waals surface area contributed by atoms with Gasteiger partial charge in [0.05, 0.1) is 11.5 Å². The van der Waals surface area contributed by atoms with Crippen LogP contribution in [-0.2, 0) is 32.8 Å². The molecule has 0 saturated carbocycles. The Morgan fingerprint density at radius 3 is 2.46 bits per heavy atom. The Morgan fingerprint density at radius 1 is 0.979 bits per heavy atom. The first-order valence-electron chi connectivity index (χ1n) is 16.2. The molecule has 3 aliphatic heterocycles. The van der Waals surface area contributed by atoms with Gasteiger partial charge in [-0.1, -0.05) is 66.7 Å². The highest BCUT2D eigenvalue weighted by Crippen LogP contribution is 2.37. The van der Waals surface area contributed by atoms with Crippen molar-refractivity contribution in [2.45, 2.75) is 38.1 Å². The molecule has 1 saturated heterocycles. The van der Waals surface area contributed by atoms with Gasteiger partial charge in [0, 0.05) is 68.3 Å². The summed E-state index contributed by atoms with van der Waals surface area (Å²) in [6, 6.07) is 25.3. The molecule has 48 heavy (non-hydrogen) atoms. The van der Waals surface area contributed by atoms with Crippen molar-refractivity contribution in [1.82, 2.24) is 9.88 Å². The second-order valence-corrected chi connectivity index (χ2v) is 13.0. The fourth-order valence-corrected chi connectivity index (χ4v) is 7.09. The average molecular weight is 641 g/mol. The second kappa shape index (κ2) is 12.2. The third-order valence-corrected chi connectivity index (χ3v) is 9.93. The zero-order valence-corrected chi connectivity index (χ0v) is 26.8.